The first-order chi connectivity index (χ1) is 19.8. The van der Waals surface area contributed by atoms with Crippen LogP contribution in [0, 0.1) is 0 Å². The lowest BCUT2D eigenvalue weighted by Gasteiger charge is -2.45. The highest BCUT2D eigenvalue weighted by Gasteiger charge is 2.46. The quantitative estimate of drug-likeness (QED) is 0.567. The van der Waals surface area contributed by atoms with Gasteiger partial charge in [0.05, 0.1) is 17.8 Å². The lowest BCUT2D eigenvalue weighted by Crippen LogP contribution is -2.57. The molecular formula is C33H45N5O3. The summed E-state index contributed by atoms with van der Waals surface area (Å²) in [7, 11) is 0. The fourth-order valence-corrected chi connectivity index (χ4v) is 8.21. The standard InChI is InChI=1S/C33H45N5O3/c1-32(2,3)41-31(39)38-24-12-13-25(38)20-37(19-24)29-26-14-16-33(15-6-9-22-8-4-5-11-27(22)33)18-28(26)35-30(36-29)40-21-23-10-7-17-34-23/h4-5,8,11,23-25,34H,6-7,9-10,12-21H2,1-3H3/t23-,24-,25+,33?/m0/s1. The van der Waals surface area contributed by atoms with Crippen molar-refractivity contribution in [1.29, 1.82) is 0 Å². The molecule has 0 radical (unpaired) electrons. The number of nitrogens with one attached hydrogen (secondary N) is 1. The van der Waals surface area contributed by atoms with Crippen LogP contribution in [0.2, 0.25) is 0 Å². The van der Waals surface area contributed by atoms with E-state index in [1.54, 1.807) is 0 Å². The van der Waals surface area contributed by atoms with Crippen LogP contribution in [-0.4, -0.2) is 70.9 Å². The first-order valence-corrected chi connectivity index (χ1v) is 15.9. The van der Waals surface area contributed by atoms with E-state index in [2.05, 4.69) is 34.5 Å². The van der Waals surface area contributed by atoms with Crippen LogP contribution < -0.4 is 15.0 Å². The van der Waals surface area contributed by atoms with Crippen LogP contribution >= 0.6 is 0 Å². The number of hydrogen-bond acceptors (Lipinski definition) is 7. The molecule has 1 unspecified atom stereocenters. The Morgan fingerprint density at radius 2 is 1.85 bits per heavy atom. The maximum atomic E-state index is 13.1. The first kappa shape index (κ1) is 27.0. The van der Waals surface area contributed by atoms with Crippen LogP contribution in [0.5, 0.6) is 6.01 Å². The molecule has 1 N–H and O–H groups in total. The summed E-state index contributed by atoms with van der Waals surface area (Å²) >= 11 is 0. The van der Waals surface area contributed by atoms with Gasteiger partial charge in [0.15, 0.2) is 0 Å². The normalized spacial score (nSPS) is 28.9. The highest BCUT2D eigenvalue weighted by Crippen LogP contribution is 2.48. The van der Waals surface area contributed by atoms with Crippen molar-refractivity contribution >= 4 is 11.9 Å². The third-order valence-corrected chi connectivity index (χ3v) is 10.1. The fraction of sp³-hybridized carbons (Fsp3) is 0.667. The number of rotatable bonds is 4. The zero-order chi connectivity index (χ0) is 28.2. The Balaban J connectivity index is 1.19. The summed E-state index contributed by atoms with van der Waals surface area (Å²) in [4.78, 5) is 27.8. The van der Waals surface area contributed by atoms with E-state index in [1.165, 1.54) is 42.4 Å². The molecule has 1 aromatic carbocycles. The summed E-state index contributed by atoms with van der Waals surface area (Å²) in [5, 5.41) is 3.54. The van der Waals surface area contributed by atoms with Gasteiger partial charge < -0.3 is 19.7 Å². The summed E-state index contributed by atoms with van der Waals surface area (Å²) in [6.45, 7) is 9.03. The van der Waals surface area contributed by atoms with Gasteiger partial charge in [0.2, 0.25) is 0 Å². The summed E-state index contributed by atoms with van der Waals surface area (Å²) < 4.78 is 12.1. The maximum absolute atomic E-state index is 13.1. The molecule has 3 saturated heterocycles. The second kappa shape index (κ2) is 10.4. The smallest absolute Gasteiger partial charge is 0.410 e. The minimum Gasteiger partial charge on any atom is -0.462 e. The van der Waals surface area contributed by atoms with Gasteiger partial charge in [-0.3, -0.25) is 4.90 Å². The average molecular weight is 560 g/mol. The Bertz CT molecular complexity index is 1290. The van der Waals surface area contributed by atoms with Crippen LogP contribution in [0.1, 0.15) is 88.1 Å². The molecule has 3 fully saturated rings. The van der Waals surface area contributed by atoms with E-state index in [4.69, 9.17) is 19.4 Å². The minimum absolute atomic E-state index is 0.140. The van der Waals surface area contributed by atoms with Gasteiger partial charge >= 0.3 is 12.1 Å². The van der Waals surface area contributed by atoms with E-state index < -0.39 is 5.60 Å². The number of benzene rings is 1. The van der Waals surface area contributed by atoms with Crippen molar-refractivity contribution in [3.05, 3.63) is 46.6 Å². The molecule has 1 amide bonds. The van der Waals surface area contributed by atoms with E-state index in [0.717, 1.165) is 69.7 Å². The Kier molecular flexibility index (Phi) is 6.87. The molecule has 2 aliphatic carbocycles. The molecule has 0 saturated carbocycles. The number of anilines is 1. The summed E-state index contributed by atoms with van der Waals surface area (Å²) in [6, 6.07) is 10.2. The van der Waals surface area contributed by atoms with Crippen molar-refractivity contribution in [3.63, 3.8) is 0 Å². The second-order valence-corrected chi connectivity index (χ2v) is 14.0. The van der Waals surface area contributed by atoms with Gasteiger partial charge in [-0.05, 0) is 103 Å². The molecule has 220 valence electrons. The molecule has 2 aromatic rings. The molecule has 1 spiro atoms. The lowest BCUT2D eigenvalue weighted by molar-refractivity contribution is 0.0122. The van der Waals surface area contributed by atoms with E-state index in [-0.39, 0.29) is 23.6 Å². The number of aryl methyl sites for hydroxylation is 1. The third kappa shape index (κ3) is 5.17. The summed E-state index contributed by atoms with van der Waals surface area (Å²) in [5.74, 6) is 1.03. The fourth-order valence-electron chi connectivity index (χ4n) is 8.21. The summed E-state index contributed by atoms with van der Waals surface area (Å²) in [6.07, 6.45) is 10.8. The number of fused-ring (bicyclic) bond motifs is 5. The molecule has 8 nitrogen and oxygen atoms in total. The molecule has 4 heterocycles. The molecule has 4 atom stereocenters. The van der Waals surface area contributed by atoms with Gasteiger partial charge in [0.25, 0.3) is 0 Å². The molecule has 1 aromatic heterocycles. The SMILES string of the molecule is CC(C)(C)OC(=O)N1[C@@H]2CC[C@H]1CN(c1nc(OC[C@@H]3CCCN3)nc3c1CCC1(CCCc4ccccc41)C3)C2. The molecule has 2 bridgehead atoms. The van der Waals surface area contributed by atoms with Gasteiger partial charge in [-0.25, -0.2) is 4.79 Å². The van der Waals surface area contributed by atoms with Gasteiger partial charge in [0, 0.05) is 30.1 Å². The molecule has 41 heavy (non-hydrogen) atoms. The van der Waals surface area contributed by atoms with Crippen molar-refractivity contribution in [3.8, 4) is 6.01 Å². The molecular weight excluding hydrogens is 514 g/mol. The van der Waals surface area contributed by atoms with Gasteiger partial charge in [0.1, 0.15) is 18.0 Å². The van der Waals surface area contributed by atoms with E-state index in [0.29, 0.717) is 18.7 Å². The van der Waals surface area contributed by atoms with Crippen LogP contribution in [-0.2, 0) is 29.4 Å². The number of amides is 1. The molecule has 3 aliphatic heterocycles. The lowest BCUT2D eigenvalue weighted by atomic mass is 9.62. The molecule has 7 rings (SSSR count). The topological polar surface area (TPSA) is 79.8 Å². The zero-order valence-corrected chi connectivity index (χ0v) is 25.0. The Labute approximate surface area is 244 Å². The zero-order valence-electron chi connectivity index (χ0n) is 25.0. The number of ether oxygens (including phenoxy) is 2. The predicted molar refractivity (Wildman–Crippen MR) is 159 cm³/mol. The predicted octanol–water partition coefficient (Wildman–Crippen LogP) is 4.96. The Hall–Kier alpha value is -2.87. The molecule has 5 aliphatic rings. The Morgan fingerprint density at radius 1 is 1.05 bits per heavy atom. The van der Waals surface area contributed by atoms with Crippen LogP contribution in [0.15, 0.2) is 24.3 Å². The second-order valence-electron chi connectivity index (χ2n) is 14.0. The number of aromatic nitrogens is 2. The maximum Gasteiger partial charge on any atom is 0.410 e. The largest absolute Gasteiger partial charge is 0.462 e. The van der Waals surface area contributed by atoms with Crippen LogP contribution in [0.3, 0.4) is 0 Å². The highest BCUT2D eigenvalue weighted by atomic mass is 16.6. The Morgan fingerprint density at radius 3 is 2.61 bits per heavy atom. The number of piperazine rings is 1. The van der Waals surface area contributed by atoms with Gasteiger partial charge in [-0.15, -0.1) is 0 Å². The average Bonchev–Trinajstić information content (AvgIpc) is 3.56. The number of hydrogen-bond donors (Lipinski definition) is 1. The van der Waals surface area contributed by atoms with E-state index >= 15 is 0 Å². The molecule has 8 heteroatoms. The van der Waals surface area contributed by atoms with Gasteiger partial charge in [-0.2, -0.15) is 9.97 Å². The minimum atomic E-state index is -0.493. The highest BCUT2D eigenvalue weighted by molar-refractivity contribution is 5.70. The number of nitrogens with zero attached hydrogens (tertiary/aromatic N) is 4. The van der Waals surface area contributed by atoms with Crippen molar-refractivity contribution in [2.75, 3.05) is 31.1 Å². The van der Waals surface area contributed by atoms with E-state index in [9.17, 15) is 4.79 Å². The number of carbonyl (C=O) groups is 1. The van der Waals surface area contributed by atoms with Crippen molar-refractivity contribution in [2.45, 2.75) is 114 Å². The van der Waals surface area contributed by atoms with Crippen LogP contribution in [0.4, 0.5) is 10.6 Å². The van der Waals surface area contributed by atoms with Crippen molar-refractivity contribution in [2.24, 2.45) is 0 Å². The monoisotopic (exact) mass is 559 g/mol. The van der Waals surface area contributed by atoms with Crippen LogP contribution in [0.25, 0.3) is 0 Å². The van der Waals surface area contributed by atoms with Crippen molar-refractivity contribution in [1.82, 2.24) is 20.2 Å². The van der Waals surface area contributed by atoms with Gasteiger partial charge in [-0.1, -0.05) is 24.3 Å². The van der Waals surface area contributed by atoms with E-state index in [1.807, 2.05) is 25.7 Å². The first-order valence-electron chi connectivity index (χ1n) is 15.9. The number of carbonyl (C=O) groups excluding carboxylic acids is 1. The summed E-state index contributed by atoms with van der Waals surface area (Å²) in [5.41, 5.74) is 5.14. The third-order valence-electron chi connectivity index (χ3n) is 10.1. The van der Waals surface area contributed by atoms with Crippen molar-refractivity contribution < 1.29 is 14.3 Å².